The summed E-state index contributed by atoms with van der Waals surface area (Å²) in [6.07, 6.45) is 1.79. The number of hydrogen-bond donors (Lipinski definition) is 2. The zero-order chi connectivity index (χ0) is 15.6. The van der Waals surface area contributed by atoms with Gasteiger partial charge in [-0.2, -0.15) is 5.10 Å². The molecular weight excluding hydrogens is 264 g/mol. The molecule has 1 heterocycles. The summed E-state index contributed by atoms with van der Waals surface area (Å²) in [6, 6.07) is 0. The molecule has 0 spiro atoms. The number of aliphatic hydroxyl groups excluding tert-OH is 1. The highest BCUT2D eigenvalue weighted by Crippen LogP contribution is 2.30. The summed E-state index contributed by atoms with van der Waals surface area (Å²) >= 11 is 0. The maximum atomic E-state index is 9.44. The Morgan fingerprint density at radius 3 is 2.67 bits per heavy atom. The minimum atomic E-state index is -0.0798. The predicted molar refractivity (Wildman–Crippen MR) is 86.5 cm³/mol. The van der Waals surface area contributed by atoms with E-state index in [2.05, 4.69) is 43.1 Å². The molecule has 1 fully saturated rings. The molecule has 1 aromatic heterocycles. The van der Waals surface area contributed by atoms with Gasteiger partial charge in [0.2, 0.25) is 0 Å². The van der Waals surface area contributed by atoms with Crippen LogP contribution in [0.3, 0.4) is 0 Å². The molecule has 0 aromatic carbocycles. The van der Waals surface area contributed by atoms with Crippen LogP contribution in [0.15, 0.2) is 0 Å². The second-order valence-electron chi connectivity index (χ2n) is 6.91. The zero-order valence-corrected chi connectivity index (χ0v) is 14.1. The van der Waals surface area contributed by atoms with Crippen molar-refractivity contribution in [2.75, 3.05) is 25.0 Å². The smallest absolute Gasteiger partial charge is 0.131 e. The van der Waals surface area contributed by atoms with Gasteiger partial charge in [0.05, 0.1) is 11.8 Å². The van der Waals surface area contributed by atoms with E-state index in [0.29, 0.717) is 11.8 Å². The molecule has 2 rings (SSSR count). The average Bonchev–Trinajstić information content (AvgIpc) is 2.62. The van der Waals surface area contributed by atoms with Crippen LogP contribution in [0.25, 0.3) is 0 Å². The second-order valence-corrected chi connectivity index (χ2v) is 6.91. The fraction of sp³-hybridized carbons (Fsp3) is 0.812. The molecule has 0 atom stereocenters. The van der Waals surface area contributed by atoms with E-state index in [9.17, 15) is 5.11 Å². The molecule has 5 heteroatoms. The van der Waals surface area contributed by atoms with Crippen LogP contribution in [0.4, 0.5) is 5.82 Å². The number of nitrogens with zero attached hydrogens (tertiary/aromatic N) is 3. The van der Waals surface area contributed by atoms with Gasteiger partial charge in [0.25, 0.3) is 0 Å². The van der Waals surface area contributed by atoms with Crippen LogP contribution in [0, 0.1) is 18.8 Å². The minimum Gasteiger partial charge on any atom is -0.393 e. The van der Waals surface area contributed by atoms with E-state index >= 15 is 0 Å². The zero-order valence-electron chi connectivity index (χ0n) is 14.1. The quantitative estimate of drug-likeness (QED) is 0.803. The lowest BCUT2D eigenvalue weighted by Gasteiger charge is -2.35. The van der Waals surface area contributed by atoms with Crippen molar-refractivity contribution in [2.45, 2.75) is 46.3 Å². The van der Waals surface area contributed by atoms with Crippen molar-refractivity contribution in [1.29, 1.82) is 0 Å². The first-order valence-electron chi connectivity index (χ1n) is 8.00. The Morgan fingerprint density at radius 1 is 1.43 bits per heavy atom. The lowest BCUT2D eigenvalue weighted by molar-refractivity contribution is 0.0463. The average molecular weight is 294 g/mol. The van der Waals surface area contributed by atoms with Crippen molar-refractivity contribution in [3.8, 4) is 0 Å². The third-order valence-electron chi connectivity index (χ3n) is 4.27. The number of aliphatic hydroxyl groups is 1. The predicted octanol–water partition coefficient (Wildman–Crippen LogP) is 1.68. The first kappa shape index (κ1) is 16.3. The Kier molecular flexibility index (Phi) is 5.27. The molecule has 5 nitrogen and oxygen atoms in total. The monoisotopic (exact) mass is 294 g/mol. The number of aromatic nitrogens is 2. The molecule has 0 amide bonds. The van der Waals surface area contributed by atoms with Crippen molar-refractivity contribution in [3.05, 3.63) is 11.3 Å². The van der Waals surface area contributed by atoms with Crippen LogP contribution in [-0.2, 0) is 13.6 Å². The van der Waals surface area contributed by atoms with E-state index in [1.54, 1.807) is 0 Å². The third kappa shape index (κ3) is 3.98. The molecule has 1 aliphatic carbocycles. The summed E-state index contributed by atoms with van der Waals surface area (Å²) in [6.45, 7) is 9.40. The summed E-state index contributed by atoms with van der Waals surface area (Å²) in [5, 5.41) is 17.5. The molecule has 1 aliphatic rings. The first-order chi connectivity index (χ1) is 9.88. The highest BCUT2D eigenvalue weighted by atomic mass is 16.3. The van der Waals surface area contributed by atoms with Crippen LogP contribution in [-0.4, -0.2) is 41.1 Å². The highest BCUT2D eigenvalue weighted by Gasteiger charge is 2.29. The fourth-order valence-corrected chi connectivity index (χ4v) is 3.18. The summed E-state index contributed by atoms with van der Waals surface area (Å²) < 4.78 is 1.98. The molecule has 0 aliphatic heterocycles. The largest absolute Gasteiger partial charge is 0.393 e. The summed E-state index contributed by atoms with van der Waals surface area (Å²) in [4.78, 5) is 2.29. The van der Waals surface area contributed by atoms with E-state index in [1.807, 2.05) is 11.7 Å². The summed E-state index contributed by atoms with van der Waals surface area (Å²) in [5.41, 5.74) is 2.39. The maximum Gasteiger partial charge on any atom is 0.131 e. The van der Waals surface area contributed by atoms with Crippen LogP contribution in [0.1, 0.15) is 37.9 Å². The second kappa shape index (κ2) is 6.79. The minimum absolute atomic E-state index is 0.0798. The van der Waals surface area contributed by atoms with Gasteiger partial charge in [-0.05, 0) is 38.1 Å². The van der Waals surface area contributed by atoms with Gasteiger partial charge in [-0.15, -0.1) is 0 Å². The van der Waals surface area contributed by atoms with E-state index in [-0.39, 0.29) is 6.10 Å². The third-order valence-corrected chi connectivity index (χ3v) is 4.27. The van der Waals surface area contributed by atoms with E-state index in [4.69, 9.17) is 0 Å². The molecule has 120 valence electrons. The number of nitrogens with one attached hydrogen (secondary N) is 1. The first-order valence-corrected chi connectivity index (χ1v) is 8.00. The molecule has 1 saturated carbocycles. The van der Waals surface area contributed by atoms with Gasteiger partial charge in [-0.1, -0.05) is 13.8 Å². The van der Waals surface area contributed by atoms with Crippen molar-refractivity contribution in [2.24, 2.45) is 18.9 Å². The van der Waals surface area contributed by atoms with Crippen molar-refractivity contribution < 1.29 is 5.11 Å². The van der Waals surface area contributed by atoms with Crippen LogP contribution >= 0.6 is 0 Å². The molecule has 0 unspecified atom stereocenters. The fourth-order valence-electron chi connectivity index (χ4n) is 3.18. The SMILES string of the molecule is Cc1nn(C)c(N(C)CC2CC(O)C2)c1CNCC(C)C. The van der Waals surface area contributed by atoms with Crippen molar-refractivity contribution in [3.63, 3.8) is 0 Å². The van der Waals surface area contributed by atoms with Gasteiger partial charge in [-0.25, -0.2) is 0 Å². The van der Waals surface area contributed by atoms with Gasteiger partial charge in [-0.3, -0.25) is 4.68 Å². The molecule has 0 saturated heterocycles. The number of rotatable bonds is 7. The normalized spacial score (nSPS) is 21.7. The molecule has 2 N–H and O–H groups in total. The number of hydrogen-bond acceptors (Lipinski definition) is 4. The van der Waals surface area contributed by atoms with Gasteiger partial charge in [0.1, 0.15) is 5.82 Å². The lowest BCUT2D eigenvalue weighted by Crippen LogP contribution is -2.38. The number of anilines is 1. The lowest BCUT2D eigenvalue weighted by atomic mass is 9.82. The number of aryl methyl sites for hydroxylation is 2. The molecule has 0 radical (unpaired) electrons. The van der Waals surface area contributed by atoms with E-state index < -0.39 is 0 Å². The van der Waals surface area contributed by atoms with Crippen molar-refractivity contribution >= 4 is 5.82 Å². The molecule has 21 heavy (non-hydrogen) atoms. The highest BCUT2D eigenvalue weighted by molar-refractivity contribution is 5.49. The Morgan fingerprint density at radius 2 is 2.10 bits per heavy atom. The maximum absolute atomic E-state index is 9.44. The Hall–Kier alpha value is -1.07. The Labute approximate surface area is 128 Å². The van der Waals surface area contributed by atoms with Gasteiger partial charge >= 0.3 is 0 Å². The summed E-state index contributed by atoms with van der Waals surface area (Å²) in [5.74, 6) is 2.46. The molecular formula is C16H30N4O. The van der Waals surface area contributed by atoms with Gasteiger partial charge in [0, 0.05) is 32.7 Å². The van der Waals surface area contributed by atoms with Gasteiger partial charge in [0.15, 0.2) is 0 Å². The van der Waals surface area contributed by atoms with Gasteiger partial charge < -0.3 is 15.3 Å². The molecule has 0 bridgehead atoms. The standard InChI is InChI=1S/C16H30N4O/c1-11(2)8-17-9-15-12(3)18-20(5)16(15)19(4)10-13-6-14(21)7-13/h11,13-14,17,21H,6-10H2,1-5H3. The van der Waals surface area contributed by atoms with E-state index in [0.717, 1.165) is 38.2 Å². The Bertz CT molecular complexity index is 463. The van der Waals surface area contributed by atoms with Crippen LogP contribution in [0.2, 0.25) is 0 Å². The Balaban J connectivity index is 2.02. The van der Waals surface area contributed by atoms with Crippen LogP contribution < -0.4 is 10.2 Å². The molecule has 1 aromatic rings. The summed E-state index contributed by atoms with van der Waals surface area (Å²) in [7, 11) is 4.15. The topological polar surface area (TPSA) is 53.3 Å². The van der Waals surface area contributed by atoms with E-state index in [1.165, 1.54) is 11.4 Å². The van der Waals surface area contributed by atoms with Crippen molar-refractivity contribution in [1.82, 2.24) is 15.1 Å². The van der Waals surface area contributed by atoms with Crippen LogP contribution in [0.5, 0.6) is 0 Å².